The molecule has 0 amide bonds. The van der Waals surface area contributed by atoms with Gasteiger partial charge in [0.2, 0.25) is 0 Å². The number of ether oxygens (including phenoxy) is 1. The van der Waals surface area contributed by atoms with Crippen molar-refractivity contribution in [3.8, 4) is 0 Å². The van der Waals surface area contributed by atoms with Gasteiger partial charge < -0.3 is 10.5 Å². The molecule has 0 aromatic heterocycles. The number of hydrogen-bond acceptors (Lipinski definition) is 3. The van der Waals surface area contributed by atoms with Crippen molar-refractivity contribution < 1.29 is 9.53 Å². The Bertz CT molecular complexity index is 218. The molecule has 0 aliphatic heterocycles. The normalized spacial score (nSPS) is 15.3. The van der Waals surface area contributed by atoms with Gasteiger partial charge in [0.05, 0.1) is 4.87 Å². The van der Waals surface area contributed by atoms with Crippen LogP contribution in [0.2, 0.25) is 0 Å². The molecule has 0 rings (SSSR count). The number of esters is 1. The van der Waals surface area contributed by atoms with Crippen LogP contribution in [0.15, 0.2) is 11.8 Å². The standard InChI is InChI=1S/C9H16ClNO2/c1-6(5-11)8(12)13-7(2)9(3,4)10/h5,7H,11H2,1-4H3. The monoisotopic (exact) mass is 205 g/mol. The van der Waals surface area contributed by atoms with Gasteiger partial charge in [-0.15, -0.1) is 11.6 Å². The Labute approximate surface area is 83.9 Å². The molecule has 76 valence electrons. The maximum absolute atomic E-state index is 11.2. The molecule has 1 unspecified atom stereocenters. The molecule has 0 spiro atoms. The molecule has 0 saturated heterocycles. The molecule has 0 bridgehead atoms. The second-order valence-corrected chi connectivity index (χ2v) is 4.44. The number of rotatable bonds is 3. The molecule has 4 heteroatoms. The Hall–Kier alpha value is -0.700. The van der Waals surface area contributed by atoms with Crippen molar-refractivity contribution in [2.24, 2.45) is 5.73 Å². The quantitative estimate of drug-likeness (QED) is 0.434. The highest BCUT2D eigenvalue weighted by Crippen LogP contribution is 2.21. The largest absolute Gasteiger partial charge is 0.457 e. The first-order valence-electron chi connectivity index (χ1n) is 4.07. The van der Waals surface area contributed by atoms with Crippen molar-refractivity contribution in [2.75, 3.05) is 0 Å². The number of carbonyl (C=O) groups excluding carboxylic acids is 1. The minimum atomic E-state index is -0.565. The first kappa shape index (κ1) is 12.3. The second kappa shape index (κ2) is 4.51. The molecule has 0 aliphatic rings. The Morgan fingerprint density at radius 1 is 1.62 bits per heavy atom. The van der Waals surface area contributed by atoms with Gasteiger partial charge >= 0.3 is 5.97 Å². The summed E-state index contributed by atoms with van der Waals surface area (Å²) in [5.74, 6) is -0.427. The highest BCUT2D eigenvalue weighted by atomic mass is 35.5. The van der Waals surface area contributed by atoms with Crippen molar-refractivity contribution in [1.82, 2.24) is 0 Å². The summed E-state index contributed by atoms with van der Waals surface area (Å²) in [5, 5.41) is 0. The third kappa shape index (κ3) is 4.18. The molecule has 0 aromatic rings. The van der Waals surface area contributed by atoms with E-state index in [1.54, 1.807) is 27.7 Å². The second-order valence-electron chi connectivity index (χ2n) is 3.46. The third-order valence-electron chi connectivity index (χ3n) is 1.82. The summed E-state index contributed by atoms with van der Waals surface area (Å²) in [6.07, 6.45) is 0.868. The molecule has 0 saturated carbocycles. The van der Waals surface area contributed by atoms with Crippen molar-refractivity contribution in [3.05, 3.63) is 11.8 Å². The van der Waals surface area contributed by atoms with Gasteiger partial charge in [-0.1, -0.05) is 0 Å². The maximum atomic E-state index is 11.2. The van der Waals surface area contributed by atoms with Crippen LogP contribution in [-0.2, 0) is 9.53 Å². The minimum Gasteiger partial charge on any atom is -0.457 e. The summed E-state index contributed by atoms with van der Waals surface area (Å²) in [5.41, 5.74) is 5.54. The molecule has 0 aliphatic carbocycles. The Morgan fingerprint density at radius 3 is 2.38 bits per heavy atom. The zero-order valence-electron chi connectivity index (χ0n) is 8.43. The first-order chi connectivity index (χ1) is 5.79. The van der Waals surface area contributed by atoms with Crippen LogP contribution < -0.4 is 5.73 Å². The lowest BCUT2D eigenvalue weighted by atomic mass is 10.1. The summed E-state index contributed by atoms with van der Waals surface area (Å²) in [4.78, 5) is 10.6. The summed E-state index contributed by atoms with van der Waals surface area (Å²) in [6, 6.07) is 0. The van der Waals surface area contributed by atoms with Crippen LogP contribution in [0, 0.1) is 0 Å². The summed E-state index contributed by atoms with van der Waals surface area (Å²) in [6.45, 7) is 6.91. The van der Waals surface area contributed by atoms with Gasteiger partial charge in [-0.3, -0.25) is 0 Å². The predicted molar refractivity (Wildman–Crippen MR) is 53.4 cm³/mol. The van der Waals surface area contributed by atoms with Gasteiger partial charge in [0.1, 0.15) is 6.10 Å². The van der Waals surface area contributed by atoms with Gasteiger partial charge in [-0.05, 0) is 27.7 Å². The fourth-order valence-electron chi connectivity index (χ4n) is 0.462. The smallest absolute Gasteiger partial charge is 0.335 e. The molecule has 2 N–H and O–H groups in total. The molecule has 1 atom stereocenters. The van der Waals surface area contributed by atoms with Crippen LogP contribution in [0.25, 0.3) is 0 Å². The number of carbonyl (C=O) groups is 1. The summed E-state index contributed by atoms with van der Waals surface area (Å²) < 4.78 is 5.05. The van der Waals surface area contributed by atoms with Crippen molar-refractivity contribution in [1.29, 1.82) is 0 Å². The molecule has 0 fully saturated rings. The molecule has 13 heavy (non-hydrogen) atoms. The minimum absolute atomic E-state index is 0.350. The van der Waals surface area contributed by atoms with Crippen LogP contribution in [0.1, 0.15) is 27.7 Å². The molecular weight excluding hydrogens is 190 g/mol. The van der Waals surface area contributed by atoms with Crippen molar-refractivity contribution >= 4 is 17.6 Å². The average molecular weight is 206 g/mol. The molecule has 0 radical (unpaired) electrons. The number of alkyl halides is 1. The van der Waals surface area contributed by atoms with E-state index in [-0.39, 0.29) is 6.10 Å². The fourth-order valence-corrected chi connectivity index (χ4v) is 0.506. The van der Waals surface area contributed by atoms with Crippen LogP contribution in [0.3, 0.4) is 0 Å². The van der Waals surface area contributed by atoms with Gasteiger partial charge in [0, 0.05) is 11.8 Å². The van der Waals surface area contributed by atoms with Crippen molar-refractivity contribution in [2.45, 2.75) is 38.7 Å². The maximum Gasteiger partial charge on any atom is 0.335 e. The lowest BCUT2D eigenvalue weighted by molar-refractivity contribution is -0.144. The van der Waals surface area contributed by atoms with E-state index in [1.807, 2.05) is 0 Å². The summed E-state index contributed by atoms with van der Waals surface area (Å²) >= 11 is 5.95. The van der Waals surface area contributed by atoms with Crippen LogP contribution >= 0.6 is 11.6 Å². The third-order valence-corrected chi connectivity index (χ3v) is 2.13. The SMILES string of the molecule is CC(=CN)C(=O)OC(C)C(C)(C)Cl. The van der Waals surface area contributed by atoms with E-state index in [0.717, 1.165) is 0 Å². The molecule has 3 nitrogen and oxygen atoms in total. The van der Waals surface area contributed by atoms with Gasteiger partial charge in [-0.25, -0.2) is 4.79 Å². The fraction of sp³-hybridized carbons (Fsp3) is 0.667. The highest BCUT2D eigenvalue weighted by Gasteiger charge is 2.26. The van der Waals surface area contributed by atoms with Crippen LogP contribution in [0.4, 0.5) is 0 Å². The molecule has 0 aromatic carbocycles. The Morgan fingerprint density at radius 2 is 2.08 bits per heavy atom. The predicted octanol–water partition coefficient (Wildman–Crippen LogP) is 1.80. The zero-order valence-corrected chi connectivity index (χ0v) is 9.18. The van der Waals surface area contributed by atoms with Crippen molar-refractivity contribution in [3.63, 3.8) is 0 Å². The summed E-state index contributed by atoms with van der Waals surface area (Å²) in [7, 11) is 0. The number of halogens is 1. The topological polar surface area (TPSA) is 52.3 Å². The van der Waals surface area contributed by atoms with E-state index in [1.165, 1.54) is 6.20 Å². The van der Waals surface area contributed by atoms with E-state index >= 15 is 0 Å². The van der Waals surface area contributed by atoms with Gasteiger partial charge in [0.25, 0.3) is 0 Å². The van der Waals surface area contributed by atoms with E-state index in [2.05, 4.69) is 0 Å². The van der Waals surface area contributed by atoms with E-state index in [4.69, 9.17) is 22.1 Å². The molecular formula is C9H16ClNO2. The zero-order chi connectivity index (χ0) is 10.6. The number of nitrogens with two attached hydrogens (primary N) is 1. The van der Waals surface area contributed by atoms with E-state index < -0.39 is 10.8 Å². The number of hydrogen-bond donors (Lipinski definition) is 1. The average Bonchev–Trinajstić information content (AvgIpc) is 2.01. The highest BCUT2D eigenvalue weighted by molar-refractivity contribution is 6.23. The lowest BCUT2D eigenvalue weighted by Gasteiger charge is -2.24. The lowest BCUT2D eigenvalue weighted by Crippen LogP contribution is -2.32. The van der Waals surface area contributed by atoms with E-state index in [9.17, 15) is 4.79 Å². The van der Waals surface area contributed by atoms with Gasteiger partial charge in [-0.2, -0.15) is 0 Å². The van der Waals surface area contributed by atoms with Crippen LogP contribution in [0.5, 0.6) is 0 Å². The van der Waals surface area contributed by atoms with Crippen LogP contribution in [-0.4, -0.2) is 16.9 Å². The molecule has 0 heterocycles. The Kier molecular flexibility index (Phi) is 4.27. The Balaban J connectivity index is 4.23. The first-order valence-corrected chi connectivity index (χ1v) is 4.45. The van der Waals surface area contributed by atoms with E-state index in [0.29, 0.717) is 5.57 Å². The van der Waals surface area contributed by atoms with Gasteiger partial charge in [0.15, 0.2) is 0 Å².